The van der Waals surface area contributed by atoms with Gasteiger partial charge < -0.3 is 5.32 Å². The highest BCUT2D eigenvalue weighted by atomic mass is 14.9. The van der Waals surface area contributed by atoms with Crippen molar-refractivity contribution in [3.05, 3.63) is 107 Å². The molecule has 2 aliphatic rings. The summed E-state index contributed by atoms with van der Waals surface area (Å²) >= 11 is 0. The van der Waals surface area contributed by atoms with Gasteiger partial charge in [-0.25, -0.2) is 0 Å². The maximum atomic E-state index is 3.89. The Bertz CT molecular complexity index is 1250. The van der Waals surface area contributed by atoms with Crippen LogP contribution in [0.25, 0.3) is 22.3 Å². The predicted octanol–water partition coefficient (Wildman–Crippen LogP) is 8.04. The van der Waals surface area contributed by atoms with Gasteiger partial charge in [0.1, 0.15) is 0 Å². The Kier molecular flexibility index (Phi) is 3.63. The van der Waals surface area contributed by atoms with Gasteiger partial charge in [-0.3, -0.25) is 0 Å². The van der Waals surface area contributed by atoms with Crippen LogP contribution in [0, 0.1) is 0 Å². The van der Waals surface area contributed by atoms with Crippen molar-refractivity contribution in [1.82, 2.24) is 0 Å². The first kappa shape index (κ1) is 18.4. The quantitative estimate of drug-likeness (QED) is 0.358. The number of hydrogen-bond acceptors (Lipinski definition) is 1. The zero-order valence-electron chi connectivity index (χ0n) is 18.6. The van der Waals surface area contributed by atoms with Gasteiger partial charge in [0.25, 0.3) is 0 Å². The van der Waals surface area contributed by atoms with Gasteiger partial charge >= 0.3 is 0 Å². The minimum absolute atomic E-state index is 0.0358. The molecule has 0 aromatic heterocycles. The molecule has 6 rings (SSSR count). The van der Waals surface area contributed by atoms with Crippen LogP contribution < -0.4 is 5.32 Å². The molecule has 0 aliphatic heterocycles. The Hall–Kier alpha value is -3.32. The van der Waals surface area contributed by atoms with Crippen molar-refractivity contribution in [2.45, 2.75) is 38.5 Å². The molecule has 0 bridgehead atoms. The molecule has 1 nitrogen and oxygen atoms in total. The highest BCUT2D eigenvalue weighted by Crippen LogP contribution is 2.54. The molecule has 0 unspecified atom stereocenters. The van der Waals surface area contributed by atoms with E-state index in [-0.39, 0.29) is 10.8 Å². The lowest BCUT2D eigenvalue weighted by Gasteiger charge is -2.28. The Morgan fingerprint density at radius 1 is 0.452 bits per heavy atom. The van der Waals surface area contributed by atoms with Crippen molar-refractivity contribution in [3.8, 4) is 22.3 Å². The fourth-order valence-electron chi connectivity index (χ4n) is 6.05. The largest absolute Gasteiger partial charge is 0.355 e. The van der Waals surface area contributed by atoms with Gasteiger partial charge in [-0.05, 0) is 56.6 Å². The van der Waals surface area contributed by atoms with Crippen molar-refractivity contribution in [2.24, 2.45) is 0 Å². The van der Waals surface area contributed by atoms with Crippen LogP contribution in [0.1, 0.15) is 49.9 Å². The molecule has 0 fully saturated rings. The maximum absolute atomic E-state index is 3.89. The van der Waals surface area contributed by atoms with Crippen molar-refractivity contribution in [3.63, 3.8) is 0 Å². The van der Waals surface area contributed by atoms with E-state index in [1.165, 1.54) is 55.9 Å². The molecule has 1 heteroatoms. The van der Waals surface area contributed by atoms with E-state index in [1.54, 1.807) is 0 Å². The van der Waals surface area contributed by atoms with Gasteiger partial charge in [0.05, 0.1) is 0 Å². The lowest BCUT2D eigenvalue weighted by molar-refractivity contribution is 0.659. The molecule has 0 radical (unpaired) electrons. The summed E-state index contributed by atoms with van der Waals surface area (Å²) in [5, 5.41) is 3.89. The summed E-state index contributed by atoms with van der Waals surface area (Å²) < 4.78 is 0. The molecule has 0 saturated heterocycles. The van der Waals surface area contributed by atoms with Crippen LogP contribution in [0.5, 0.6) is 0 Å². The Balaban J connectivity index is 1.53. The van der Waals surface area contributed by atoms with Gasteiger partial charge in [0, 0.05) is 22.2 Å². The Morgan fingerprint density at radius 2 is 0.839 bits per heavy atom. The average Bonchev–Trinajstić information content (AvgIpc) is 3.16. The van der Waals surface area contributed by atoms with Crippen LogP contribution >= 0.6 is 0 Å². The molecular weight excluding hydrogens is 374 g/mol. The van der Waals surface area contributed by atoms with E-state index in [9.17, 15) is 0 Å². The van der Waals surface area contributed by atoms with E-state index in [0.717, 1.165) is 0 Å². The summed E-state index contributed by atoms with van der Waals surface area (Å²) in [5.74, 6) is 0. The van der Waals surface area contributed by atoms with Crippen LogP contribution in [0.4, 0.5) is 11.4 Å². The normalized spacial score (nSPS) is 16.3. The number of benzene rings is 4. The maximum Gasteiger partial charge on any atom is 0.0432 e. The van der Waals surface area contributed by atoms with Crippen molar-refractivity contribution >= 4 is 11.4 Å². The van der Waals surface area contributed by atoms with Crippen molar-refractivity contribution < 1.29 is 0 Å². The molecule has 2 aliphatic carbocycles. The standard InChI is InChI=1S/C30H27N/c1-29(2)23-15-7-5-11-19(23)21-13-9-17-25(27(21)29)31-26-18-10-14-22-20-12-6-8-16-24(20)30(3,4)28(22)26/h5-18,31H,1-4H3. The minimum Gasteiger partial charge on any atom is -0.355 e. The monoisotopic (exact) mass is 401 g/mol. The second kappa shape index (κ2) is 6.11. The SMILES string of the molecule is CC1(C)c2ccccc2-c2cccc(Nc3cccc4c3C(C)(C)c3ccccc3-4)c21. The first-order valence-electron chi connectivity index (χ1n) is 11.1. The zero-order valence-corrected chi connectivity index (χ0v) is 18.6. The van der Waals surface area contributed by atoms with E-state index in [4.69, 9.17) is 0 Å². The topological polar surface area (TPSA) is 12.0 Å². The first-order chi connectivity index (χ1) is 14.9. The smallest absolute Gasteiger partial charge is 0.0432 e. The Labute approximate surface area is 184 Å². The van der Waals surface area contributed by atoms with Gasteiger partial charge in [-0.1, -0.05) is 100 Å². The van der Waals surface area contributed by atoms with Gasteiger partial charge in [-0.2, -0.15) is 0 Å². The highest BCUT2D eigenvalue weighted by molar-refractivity contribution is 5.90. The predicted molar refractivity (Wildman–Crippen MR) is 131 cm³/mol. The molecule has 0 spiro atoms. The first-order valence-corrected chi connectivity index (χ1v) is 11.1. The number of fused-ring (bicyclic) bond motifs is 6. The third-order valence-corrected chi connectivity index (χ3v) is 7.43. The lowest BCUT2D eigenvalue weighted by Crippen LogP contribution is -2.19. The summed E-state index contributed by atoms with van der Waals surface area (Å²) in [6, 6.07) is 31.0. The van der Waals surface area contributed by atoms with Crippen LogP contribution in [0.2, 0.25) is 0 Å². The number of anilines is 2. The summed E-state index contributed by atoms with van der Waals surface area (Å²) in [4.78, 5) is 0. The second-order valence-corrected chi connectivity index (χ2v) is 9.92. The second-order valence-electron chi connectivity index (χ2n) is 9.92. The molecule has 31 heavy (non-hydrogen) atoms. The summed E-state index contributed by atoms with van der Waals surface area (Å²) in [6.45, 7) is 9.38. The van der Waals surface area contributed by atoms with Crippen molar-refractivity contribution in [1.29, 1.82) is 0 Å². The molecule has 4 aromatic rings. The van der Waals surface area contributed by atoms with E-state index in [0.29, 0.717) is 0 Å². The molecule has 0 amide bonds. The minimum atomic E-state index is -0.0358. The van der Waals surface area contributed by atoms with E-state index in [1.807, 2.05) is 0 Å². The van der Waals surface area contributed by atoms with Gasteiger partial charge in [-0.15, -0.1) is 0 Å². The average molecular weight is 402 g/mol. The summed E-state index contributed by atoms with van der Waals surface area (Å²) in [7, 11) is 0. The van der Waals surface area contributed by atoms with Gasteiger partial charge in [0.2, 0.25) is 0 Å². The number of rotatable bonds is 2. The molecule has 0 atom stereocenters. The summed E-state index contributed by atoms with van der Waals surface area (Å²) in [6.07, 6.45) is 0. The Morgan fingerprint density at radius 3 is 1.29 bits per heavy atom. The zero-order chi connectivity index (χ0) is 21.4. The van der Waals surface area contributed by atoms with Crippen LogP contribution in [0.15, 0.2) is 84.9 Å². The molecule has 1 N–H and O–H groups in total. The fraction of sp³-hybridized carbons (Fsp3) is 0.200. The number of nitrogens with one attached hydrogen (secondary N) is 1. The summed E-state index contributed by atoms with van der Waals surface area (Å²) in [5.41, 5.74) is 13.4. The molecule has 0 saturated carbocycles. The van der Waals surface area contributed by atoms with E-state index < -0.39 is 0 Å². The van der Waals surface area contributed by atoms with E-state index >= 15 is 0 Å². The van der Waals surface area contributed by atoms with Crippen LogP contribution in [-0.2, 0) is 10.8 Å². The van der Waals surface area contributed by atoms with Gasteiger partial charge in [0.15, 0.2) is 0 Å². The third-order valence-electron chi connectivity index (χ3n) is 7.43. The third kappa shape index (κ3) is 2.38. The molecular formula is C30H27N. The fourth-order valence-corrected chi connectivity index (χ4v) is 6.05. The molecule has 152 valence electrons. The molecule has 4 aromatic carbocycles. The van der Waals surface area contributed by atoms with E-state index in [2.05, 4.69) is 118 Å². The van der Waals surface area contributed by atoms with Crippen LogP contribution in [0.3, 0.4) is 0 Å². The van der Waals surface area contributed by atoms with Crippen molar-refractivity contribution in [2.75, 3.05) is 5.32 Å². The molecule has 0 heterocycles. The lowest BCUT2D eigenvalue weighted by atomic mass is 9.80. The highest BCUT2D eigenvalue weighted by Gasteiger charge is 2.39. The van der Waals surface area contributed by atoms with Crippen LogP contribution in [-0.4, -0.2) is 0 Å². The number of hydrogen-bond donors (Lipinski definition) is 1.